The van der Waals surface area contributed by atoms with Crippen LogP contribution in [0, 0.1) is 0 Å². The maximum absolute atomic E-state index is 5.61. The third kappa shape index (κ3) is 2.43. The summed E-state index contributed by atoms with van der Waals surface area (Å²) in [4.78, 5) is 8.36. The number of anilines is 1. The summed E-state index contributed by atoms with van der Waals surface area (Å²) < 4.78 is 7.83. The van der Waals surface area contributed by atoms with Crippen LogP contribution in [-0.4, -0.2) is 41.7 Å². The van der Waals surface area contributed by atoms with Crippen LogP contribution < -0.4 is 10.2 Å². The lowest BCUT2D eigenvalue weighted by molar-refractivity contribution is 0.0925. The molecule has 6 heteroatoms. The monoisotopic (exact) mass is 294 g/mol. The Morgan fingerprint density at radius 1 is 1.50 bits per heavy atom. The Labute approximate surface area is 123 Å². The van der Waals surface area contributed by atoms with Crippen LogP contribution in [0.3, 0.4) is 0 Å². The first-order chi connectivity index (χ1) is 9.85. The van der Waals surface area contributed by atoms with Gasteiger partial charge in [0.15, 0.2) is 10.8 Å². The minimum absolute atomic E-state index is 0.439. The standard InChI is InChI=1S/C14H22N4OS/c1-3-11-10-19-7-5-17(11)13-12(9-15-4-2)18-6-8-20-14(18)16-13/h6,8,11,15H,3-5,7,9-10H2,1-2H3. The Hall–Kier alpha value is -1.11. The molecule has 0 aromatic carbocycles. The van der Waals surface area contributed by atoms with Gasteiger partial charge in [0.05, 0.1) is 24.9 Å². The molecule has 5 nitrogen and oxygen atoms in total. The zero-order valence-corrected chi connectivity index (χ0v) is 12.9. The number of ether oxygens (including phenoxy) is 1. The number of morpholine rings is 1. The van der Waals surface area contributed by atoms with Gasteiger partial charge in [-0.05, 0) is 13.0 Å². The molecule has 0 spiro atoms. The lowest BCUT2D eigenvalue weighted by Gasteiger charge is -2.36. The van der Waals surface area contributed by atoms with E-state index in [2.05, 4.69) is 40.0 Å². The van der Waals surface area contributed by atoms with Crippen molar-refractivity contribution in [1.82, 2.24) is 14.7 Å². The summed E-state index contributed by atoms with van der Waals surface area (Å²) >= 11 is 1.69. The molecule has 0 amide bonds. The van der Waals surface area contributed by atoms with Crippen molar-refractivity contribution in [3.05, 3.63) is 17.3 Å². The van der Waals surface area contributed by atoms with Crippen LogP contribution in [-0.2, 0) is 11.3 Å². The Morgan fingerprint density at radius 2 is 2.40 bits per heavy atom. The van der Waals surface area contributed by atoms with E-state index in [0.717, 1.165) is 50.0 Å². The molecule has 1 unspecified atom stereocenters. The number of fused-ring (bicyclic) bond motifs is 1. The number of imidazole rings is 1. The summed E-state index contributed by atoms with van der Waals surface area (Å²) in [5.41, 5.74) is 1.27. The normalized spacial score (nSPS) is 19.9. The molecule has 1 fully saturated rings. The predicted molar refractivity (Wildman–Crippen MR) is 82.7 cm³/mol. The Balaban J connectivity index is 1.97. The molecule has 1 aliphatic heterocycles. The molecule has 0 saturated carbocycles. The molecule has 1 aliphatic rings. The first kappa shape index (κ1) is 13.9. The van der Waals surface area contributed by atoms with Crippen molar-refractivity contribution < 1.29 is 4.74 Å². The largest absolute Gasteiger partial charge is 0.377 e. The van der Waals surface area contributed by atoms with Gasteiger partial charge in [-0.1, -0.05) is 13.8 Å². The van der Waals surface area contributed by atoms with E-state index in [4.69, 9.17) is 9.72 Å². The van der Waals surface area contributed by atoms with Gasteiger partial charge in [-0.2, -0.15) is 0 Å². The predicted octanol–water partition coefficient (Wildman–Crippen LogP) is 2.12. The molecule has 2 aromatic rings. The number of rotatable bonds is 5. The maximum atomic E-state index is 5.61. The average Bonchev–Trinajstić information content (AvgIpc) is 3.06. The zero-order valence-electron chi connectivity index (χ0n) is 12.1. The van der Waals surface area contributed by atoms with Gasteiger partial charge in [-0.15, -0.1) is 11.3 Å². The Bertz CT molecular complexity index is 565. The molecular formula is C14H22N4OS. The SMILES string of the molecule is CCNCc1c(N2CCOCC2CC)nc2sccn12. The fourth-order valence-electron chi connectivity index (χ4n) is 2.73. The smallest absolute Gasteiger partial charge is 0.195 e. The molecule has 1 saturated heterocycles. The second kappa shape index (κ2) is 6.11. The molecular weight excluding hydrogens is 272 g/mol. The van der Waals surface area contributed by atoms with Crippen molar-refractivity contribution in [3.8, 4) is 0 Å². The van der Waals surface area contributed by atoms with Crippen molar-refractivity contribution in [3.63, 3.8) is 0 Å². The molecule has 2 aromatic heterocycles. The first-order valence-corrected chi connectivity index (χ1v) is 8.22. The Morgan fingerprint density at radius 3 is 3.20 bits per heavy atom. The number of nitrogens with zero attached hydrogens (tertiary/aromatic N) is 3. The van der Waals surface area contributed by atoms with Gasteiger partial charge in [0.2, 0.25) is 0 Å². The van der Waals surface area contributed by atoms with Gasteiger partial charge < -0.3 is 15.0 Å². The van der Waals surface area contributed by atoms with E-state index in [1.165, 1.54) is 5.69 Å². The summed E-state index contributed by atoms with van der Waals surface area (Å²) in [6.07, 6.45) is 3.20. The third-order valence-electron chi connectivity index (χ3n) is 3.85. The number of thiazole rings is 1. The van der Waals surface area contributed by atoms with Crippen LogP contribution in [0.1, 0.15) is 26.0 Å². The molecule has 1 atom stereocenters. The Kier molecular flexibility index (Phi) is 4.24. The second-order valence-corrected chi connectivity index (χ2v) is 5.92. The van der Waals surface area contributed by atoms with Crippen molar-refractivity contribution in [1.29, 1.82) is 0 Å². The summed E-state index contributed by atoms with van der Waals surface area (Å²) in [6.45, 7) is 8.71. The third-order valence-corrected chi connectivity index (χ3v) is 4.61. The molecule has 0 bridgehead atoms. The van der Waals surface area contributed by atoms with Crippen molar-refractivity contribution in [2.24, 2.45) is 0 Å². The molecule has 3 heterocycles. The quantitative estimate of drug-likeness (QED) is 0.917. The van der Waals surface area contributed by atoms with E-state index in [0.29, 0.717) is 6.04 Å². The molecule has 0 radical (unpaired) electrons. The first-order valence-electron chi connectivity index (χ1n) is 7.34. The maximum Gasteiger partial charge on any atom is 0.195 e. The van der Waals surface area contributed by atoms with Crippen LogP contribution in [0.4, 0.5) is 5.82 Å². The van der Waals surface area contributed by atoms with E-state index in [1.807, 2.05) is 0 Å². The lowest BCUT2D eigenvalue weighted by Crippen LogP contribution is -2.46. The molecule has 0 aliphatic carbocycles. The summed E-state index contributed by atoms with van der Waals surface area (Å²) in [6, 6.07) is 0.439. The molecule has 20 heavy (non-hydrogen) atoms. The van der Waals surface area contributed by atoms with E-state index >= 15 is 0 Å². The van der Waals surface area contributed by atoms with Crippen molar-refractivity contribution in [2.75, 3.05) is 31.2 Å². The van der Waals surface area contributed by atoms with Gasteiger partial charge >= 0.3 is 0 Å². The highest BCUT2D eigenvalue weighted by molar-refractivity contribution is 7.15. The fraction of sp³-hybridized carbons (Fsp3) is 0.643. The number of hydrogen-bond donors (Lipinski definition) is 1. The summed E-state index contributed by atoms with van der Waals surface area (Å²) in [5, 5.41) is 5.53. The highest BCUT2D eigenvalue weighted by atomic mass is 32.1. The lowest BCUT2D eigenvalue weighted by atomic mass is 10.1. The summed E-state index contributed by atoms with van der Waals surface area (Å²) in [5.74, 6) is 1.13. The van der Waals surface area contributed by atoms with Crippen LogP contribution in [0.2, 0.25) is 0 Å². The van der Waals surface area contributed by atoms with Crippen molar-refractivity contribution >= 4 is 22.1 Å². The van der Waals surface area contributed by atoms with Gasteiger partial charge in [0.1, 0.15) is 0 Å². The van der Waals surface area contributed by atoms with E-state index in [-0.39, 0.29) is 0 Å². The zero-order chi connectivity index (χ0) is 13.9. The average molecular weight is 294 g/mol. The highest BCUT2D eigenvalue weighted by Crippen LogP contribution is 2.28. The number of hydrogen-bond acceptors (Lipinski definition) is 5. The second-order valence-electron chi connectivity index (χ2n) is 5.05. The van der Waals surface area contributed by atoms with Gasteiger partial charge in [-0.3, -0.25) is 4.40 Å². The van der Waals surface area contributed by atoms with Crippen LogP contribution in [0.15, 0.2) is 11.6 Å². The number of nitrogens with one attached hydrogen (secondary N) is 1. The molecule has 1 N–H and O–H groups in total. The number of aromatic nitrogens is 2. The summed E-state index contributed by atoms with van der Waals surface area (Å²) in [7, 11) is 0. The van der Waals surface area contributed by atoms with Gasteiger partial charge in [-0.25, -0.2) is 4.98 Å². The molecule has 110 valence electrons. The van der Waals surface area contributed by atoms with Crippen LogP contribution in [0.5, 0.6) is 0 Å². The van der Waals surface area contributed by atoms with E-state index < -0.39 is 0 Å². The fourth-order valence-corrected chi connectivity index (χ4v) is 3.46. The van der Waals surface area contributed by atoms with Crippen LogP contribution in [0.25, 0.3) is 4.96 Å². The molecule has 3 rings (SSSR count). The van der Waals surface area contributed by atoms with Crippen molar-refractivity contribution in [2.45, 2.75) is 32.9 Å². The van der Waals surface area contributed by atoms with E-state index in [1.54, 1.807) is 11.3 Å². The minimum atomic E-state index is 0.439. The minimum Gasteiger partial charge on any atom is -0.377 e. The van der Waals surface area contributed by atoms with E-state index in [9.17, 15) is 0 Å². The topological polar surface area (TPSA) is 41.8 Å². The highest BCUT2D eigenvalue weighted by Gasteiger charge is 2.27. The van der Waals surface area contributed by atoms with Crippen LogP contribution >= 0.6 is 11.3 Å². The van der Waals surface area contributed by atoms with Gasteiger partial charge in [0.25, 0.3) is 0 Å². The van der Waals surface area contributed by atoms with Gasteiger partial charge in [0, 0.05) is 24.7 Å².